The SMILES string of the molecule is CCC(C(=O)NC(C)(C)C)N(Cc1ccc(OC)cc1)C(=O)CCCN(c1ccccc1C)S(C)(=O)=O. The first kappa shape index (κ1) is 30.2. The first-order valence-electron chi connectivity index (χ1n) is 12.5. The van der Waals surface area contributed by atoms with Crippen LogP contribution >= 0.6 is 0 Å². The molecule has 2 rings (SSSR count). The molecule has 2 aromatic rings. The molecule has 0 spiro atoms. The lowest BCUT2D eigenvalue weighted by Crippen LogP contribution is -2.53. The molecule has 0 radical (unpaired) electrons. The van der Waals surface area contributed by atoms with E-state index in [-0.39, 0.29) is 31.3 Å². The van der Waals surface area contributed by atoms with Crippen LogP contribution in [0.3, 0.4) is 0 Å². The average molecular weight is 532 g/mol. The summed E-state index contributed by atoms with van der Waals surface area (Å²) < 4.78 is 31.6. The van der Waals surface area contributed by atoms with E-state index in [1.54, 1.807) is 24.1 Å². The van der Waals surface area contributed by atoms with Crippen molar-refractivity contribution in [3.05, 3.63) is 59.7 Å². The molecule has 37 heavy (non-hydrogen) atoms. The quantitative estimate of drug-likeness (QED) is 0.441. The van der Waals surface area contributed by atoms with Crippen LogP contribution in [0.5, 0.6) is 5.75 Å². The Morgan fingerprint density at radius 3 is 2.19 bits per heavy atom. The van der Waals surface area contributed by atoms with Crippen molar-refractivity contribution in [3.8, 4) is 5.75 Å². The van der Waals surface area contributed by atoms with Crippen molar-refractivity contribution in [1.82, 2.24) is 10.2 Å². The van der Waals surface area contributed by atoms with Crippen molar-refractivity contribution < 1.29 is 22.7 Å². The van der Waals surface area contributed by atoms with Gasteiger partial charge >= 0.3 is 0 Å². The van der Waals surface area contributed by atoms with Crippen molar-refractivity contribution in [2.45, 2.75) is 72.0 Å². The van der Waals surface area contributed by atoms with Gasteiger partial charge in [0.15, 0.2) is 0 Å². The highest BCUT2D eigenvalue weighted by atomic mass is 32.2. The van der Waals surface area contributed by atoms with Crippen molar-refractivity contribution in [2.75, 3.05) is 24.2 Å². The summed E-state index contributed by atoms with van der Waals surface area (Å²) in [5, 5.41) is 2.99. The molecule has 1 unspecified atom stereocenters. The zero-order valence-electron chi connectivity index (χ0n) is 23.1. The Bertz CT molecular complexity index is 1160. The molecule has 0 bridgehead atoms. The largest absolute Gasteiger partial charge is 0.497 e. The Morgan fingerprint density at radius 2 is 1.68 bits per heavy atom. The molecule has 0 aromatic heterocycles. The smallest absolute Gasteiger partial charge is 0.243 e. The van der Waals surface area contributed by atoms with E-state index in [2.05, 4.69) is 5.32 Å². The zero-order chi connectivity index (χ0) is 27.8. The van der Waals surface area contributed by atoms with Crippen LogP contribution in [0, 0.1) is 6.92 Å². The third kappa shape index (κ3) is 9.07. The molecule has 0 saturated heterocycles. The van der Waals surface area contributed by atoms with Gasteiger partial charge in [0.05, 0.1) is 19.1 Å². The first-order valence-corrected chi connectivity index (χ1v) is 14.4. The van der Waals surface area contributed by atoms with Crippen LogP contribution in [-0.2, 0) is 26.2 Å². The summed E-state index contributed by atoms with van der Waals surface area (Å²) in [6.45, 7) is 9.86. The van der Waals surface area contributed by atoms with Crippen molar-refractivity contribution in [1.29, 1.82) is 0 Å². The minimum atomic E-state index is -3.54. The molecule has 0 aliphatic rings. The Balaban J connectivity index is 2.25. The van der Waals surface area contributed by atoms with Gasteiger partial charge in [-0.3, -0.25) is 13.9 Å². The number of sulfonamides is 1. The van der Waals surface area contributed by atoms with E-state index in [1.807, 2.05) is 71.0 Å². The molecule has 2 amide bonds. The van der Waals surface area contributed by atoms with Gasteiger partial charge < -0.3 is 15.0 Å². The zero-order valence-corrected chi connectivity index (χ0v) is 23.9. The standard InChI is InChI=1S/C28H41N3O5S/c1-8-24(27(33)29-28(3,4)5)30(20-22-15-17-23(36-6)18-16-22)26(32)14-11-19-31(37(7,34)35)25-13-10-9-12-21(25)2/h9-10,12-13,15-18,24H,8,11,14,19-20H2,1-7H3,(H,29,33). The number of carbonyl (C=O) groups is 2. The van der Waals surface area contributed by atoms with Gasteiger partial charge in [-0.1, -0.05) is 37.3 Å². The predicted octanol–water partition coefficient (Wildman–Crippen LogP) is 4.27. The predicted molar refractivity (Wildman–Crippen MR) is 148 cm³/mol. The number of anilines is 1. The second-order valence-electron chi connectivity index (χ2n) is 10.3. The summed E-state index contributed by atoms with van der Waals surface area (Å²) in [7, 11) is -1.95. The van der Waals surface area contributed by atoms with Crippen LogP contribution in [0.2, 0.25) is 0 Å². The normalized spacial score (nSPS) is 12.5. The maximum atomic E-state index is 13.5. The minimum absolute atomic E-state index is 0.105. The number of nitrogens with zero attached hydrogens (tertiary/aromatic N) is 2. The highest BCUT2D eigenvalue weighted by Gasteiger charge is 2.30. The maximum absolute atomic E-state index is 13.5. The molecule has 8 nitrogen and oxygen atoms in total. The molecule has 0 fully saturated rings. The van der Waals surface area contributed by atoms with E-state index >= 15 is 0 Å². The number of hydrogen-bond donors (Lipinski definition) is 1. The highest BCUT2D eigenvalue weighted by molar-refractivity contribution is 7.92. The number of hydrogen-bond acceptors (Lipinski definition) is 5. The lowest BCUT2D eigenvalue weighted by molar-refractivity contribution is -0.142. The third-order valence-electron chi connectivity index (χ3n) is 5.93. The lowest BCUT2D eigenvalue weighted by Gasteiger charge is -2.33. The highest BCUT2D eigenvalue weighted by Crippen LogP contribution is 2.23. The summed E-state index contributed by atoms with van der Waals surface area (Å²) >= 11 is 0. The van der Waals surface area contributed by atoms with E-state index in [4.69, 9.17) is 4.74 Å². The van der Waals surface area contributed by atoms with E-state index in [9.17, 15) is 18.0 Å². The van der Waals surface area contributed by atoms with Crippen LogP contribution < -0.4 is 14.4 Å². The number of aryl methyl sites for hydroxylation is 1. The Morgan fingerprint density at radius 1 is 1.05 bits per heavy atom. The Kier molecular flexibility index (Phi) is 10.5. The summed E-state index contributed by atoms with van der Waals surface area (Å²) in [5.74, 6) is 0.288. The number of rotatable bonds is 12. The molecule has 2 aromatic carbocycles. The van der Waals surface area contributed by atoms with Crippen molar-refractivity contribution in [3.63, 3.8) is 0 Å². The Hall–Kier alpha value is -3.07. The summed E-state index contributed by atoms with van der Waals surface area (Å²) in [6, 6.07) is 14.0. The molecule has 1 N–H and O–H groups in total. The first-order chi connectivity index (χ1) is 17.3. The number of amides is 2. The fraction of sp³-hybridized carbons (Fsp3) is 0.500. The van der Waals surface area contributed by atoms with Gasteiger partial charge in [-0.15, -0.1) is 0 Å². The van der Waals surface area contributed by atoms with Crippen molar-refractivity contribution in [2.24, 2.45) is 0 Å². The van der Waals surface area contributed by atoms with E-state index in [0.29, 0.717) is 24.3 Å². The number of nitrogens with one attached hydrogen (secondary N) is 1. The van der Waals surface area contributed by atoms with Gasteiger partial charge in [-0.25, -0.2) is 8.42 Å². The summed E-state index contributed by atoms with van der Waals surface area (Å²) in [5.41, 5.74) is 1.87. The van der Waals surface area contributed by atoms with Crippen LogP contribution in [0.1, 0.15) is 58.1 Å². The second kappa shape index (κ2) is 12.9. The Labute approximate surface area is 222 Å². The average Bonchev–Trinajstić information content (AvgIpc) is 2.80. The summed E-state index contributed by atoms with van der Waals surface area (Å²) in [6.07, 6.45) is 2.04. The molecule has 204 valence electrons. The monoisotopic (exact) mass is 531 g/mol. The van der Waals surface area contributed by atoms with E-state index in [0.717, 1.165) is 11.1 Å². The van der Waals surface area contributed by atoms with E-state index in [1.165, 1.54) is 10.6 Å². The molecule has 1 atom stereocenters. The van der Waals surface area contributed by atoms with Crippen LogP contribution in [-0.4, -0.2) is 56.6 Å². The van der Waals surface area contributed by atoms with E-state index < -0.39 is 21.6 Å². The number of carbonyl (C=O) groups excluding carboxylic acids is 2. The van der Waals surface area contributed by atoms with Gasteiger partial charge in [-0.2, -0.15) is 0 Å². The van der Waals surface area contributed by atoms with Gasteiger partial charge in [-0.05, 0) is 69.9 Å². The molecule has 0 heterocycles. The number of methoxy groups -OCH3 is 1. The maximum Gasteiger partial charge on any atom is 0.243 e. The van der Waals surface area contributed by atoms with Gasteiger partial charge in [0.1, 0.15) is 11.8 Å². The van der Waals surface area contributed by atoms with Gasteiger partial charge in [0.2, 0.25) is 21.8 Å². The fourth-order valence-electron chi connectivity index (χ4n) is 4.13. The van der Waals surface area contributed by atoms with Gasteiger partial charge in [0.25, 0.3) is 0 Å². The van der Waals surface area contributed by atoms with Crippen LogP contribution in [0.25, 0.3) is 0 Å². The lowest BCUT2D eigenvalue weighted by atomic mass is 10.0. The summed E-state index contributed by atoms with van der Waals surface area (Å²) in [4.78, 5) is 28.3. The number of benzene rings is 2. The molecule has 0 saturated carbocycles. The van der Waals surface area contributed by atoms with Gasteiger partial charge in [0, 0.05) is 25.0 Å². The van der Waals surface area contributed by atoms with Crippen molar-refractivity contribution >= 4 is 27.5 Å². The molecular weight excluding hydrogens is 490 g/mol. The topological polar surface area (TPSA) is 96.0 Å². The number of para-hydroxylation sites is 1. The third-order valence-corrected chi connectivity index (χ3v) is 7.11. The molecule has 0 aliphatic heterocycles. The second-order valence-corrected chi connectivity index (χ2v) is 12.2. The van der Waals surface area contributed by atoms with Crippen LogP contribution in [0.15, 0.2) is 48.5 Å². The fourth-order valence-corrected chi connectivity index (χ4v) is 5.15. The number of ether oxygens (including phenoxy) is 1. The van der Waals surface area contributed by atoms with Crippen LogP contribution in [0.4, 0.5) is 5.69 Å². The molecule has 9 heteroatoms. The molecular formula is C28H41N3O5S. The molecule has 0 aliphatic carbocycles. The minimum Gasteiger partial charge on any atom is -0.497 e.